The molecule has 0 aliphatic heterocycles. The van der Waals surface area contributed by atoms with Crippen molar-refractivity contribution in [3.8, 4) is 33.4 Å². The molecule has 0 saturated carbocycles. The first-order valence-corrected chi connectivity index (χ1v) is 22.4. The quantitative estimate of drug-likeness (QED) is 0.140. The van der Waals surface area contributed by atoms with E-state index in [9.17, 15) is 0 Å². The van der Waals surface area contributed by atoms with Crippen LogP contribution in [0.25, 0.3) is 55.2 Å². The third kappa shape index (κ3) is 5.84. The highest BCUT2D eigenvalue weighted by atomic mass is 15.1. The number of anilines is 2. The lowest BCUT2D eigenvalue weighted by atomic mass is 9.70. The summed E-state index contributed by atoms with van der Waals surface area (Å²) in [5, 5.41) is 2.56. The smallest absolute Gasteiger partial charge is 0.0725 e. The molecule has 9 aromatic carbocycles. The van der Waals surface area contributed by atoms with Gasteiger partial charge in [-0.25, -0.2) is 0 Å². The van der Waals surface area contributed by atoms with Crippen molar-refractivity contribution >= 4 is 38.9 Å². The van der Waals surface area contributed by atoms with Crippen LogP contribution in [0.1, 0.15) is 51.4 Å². The van der Waals surface area contributed by atoms with E-state index >= 15 is 0 Å². The maximum Gasteiger partial charge on any atom is 0.0725 e. The molecule has 306 valence electrons. The Morgan fingerprint density at radius 3 is 1.88 bits per heavy atom. The summed E-state index contributed by atoms with van der Waals surface area (Å²) in [4.78, 5) is 7.70. The largest absolute Gasteiger partial charge is 0.344 e. The number of aryl methyl sites for hydroxylation is 2. The number of aliphatic imine (C=N–C) groups is 1. The zero-order valence-electron chi connectivity index (χ0n) is 36.4. The van der Waals surface area contributed by atoms with E-state index in [1.807, 2.05) is 0 Å². The average Bonchev–Trinajstić information content (AvgIpc) is 3.93. The lowest BCUT2D eigenvalue weighted by molar-refractivity contribution is 0.793. The SMILES string of the molecule is CC(=NCc1ccc2c(c1)c1ccccc1n2C)c1ccc2c(c1)C1(c3ccccc3-2)c2ccccc2-c2ccc(-c3ccc(N(Cc4ccccc4)c4ccccc4C)cc3)cc21. The zero-order chi connectivity index (χ0) is 42.9. The fourth-order valence-corrected chi connectivity index (χ4v) is 10.9. The number of hydrogen-bond donors (Lipinski definition) is 0. The van der Waals surface area contributed by atoms with Crippen LogP contribution in [-0.4, -0.2) is 10.3 Å². The second-order valence-corrected chi connectivity index (χ2v) is 17.6. The first-order chi connectivity index (χ1) is 31.5. The molecule has 0 radical (unpaired) electrons. The number of hydrogen-bond acceptors (Lipinski definition) is 2. The third-order valence-electron chi connectivity index (χ3n) is 14.1. The predicted octanol–water partition coefficient (Wildman–Crippen LogP) is 15.0. The molecule has 2 aliphatic carbocycles. The Morgan fingerprint density at radius 1 is 0.500 bits per heavy atom. The van der Waals surface area contributed by atoms with E-state index in [-0.39, 0.29) is 0 Å². The second kappa shape index (κ2) is 15.0. The fraction of sp³-hybridized carbons (Fsp3) is 0.0984. The molecule has 0 saturated heterocycles. The number of fused-ring (bicyclic) bond motifs is 13. The molecule has 1 atom stereocenters. The lowest BCUT2D eigenvalue weighted by Crippen LogP contribution is -2.26. The molecule has 0 amide bonds. The Labute approximate surface area is 375 Å². The van der Waals surface area contributed by atoms with Gasteiger partial charge in [-0.15, -0.1) is 0 Å². The Bertz CT molecular complexity index is 3470. The van der Waals surface area contributed by atoms with E-state index in [1.165, 1.54) is 106 Å². The van der Waals surface area contributed by atoms with Crippen molar-refractivity contribution in [2.75, 3.05) is 4.90 Å². The molecule has 12 rings (SSSR count). The van der Waals surface area contributed by atoms with Crippen molar-refractivity contribution in [1.82, 2.24) is 4.57 Å². The van der Waals surface area contributed by atoms with Crippen molar-refractivity contribution in [2.45, 2.75) is 32.4 Å². The molecular formula is C61H47N3. The lowest BCUT2D eigenvalue weighted by Gasteiger charge is -2.31. The van der Waals surface area contributed by atoms with Crippen LogP contribution < -0.4 is 4.90 Å². The molecular weight excluding hydrogens is 775 g/mol. The molecule has 0 N–H and O–H groups in total. The summed E-state index contributed by atoms with van der Waals surface area (Å²) < 4.78 is 2.29. The molecule has 1 unspecified atom stereocenters. The van der Waals surface area contributed by atoms with Gasteiger partial charge in [0.2, 0.25) is 0 Å². The van der Waals surface area contributed by atoms with E-state index in [4.69, 9.17) is 4.99 Å². The average molecular weight is 822 g/mol. The molecule has 3 nitrogen and oxygen atoms in total. The van der Waals surface area contributed by atoms with E-state index in [0.29, 0.717) is 6.54 Å². The van der Waals surface area contributed by atoms with Crippen LogP contribution >= 0.6 is 0 Å². The monoisotopic (exact) mass is 821 g/mol. The van der Waals surface area contributed by atoms with Crippen LogP contribution in [0, 0.1) is 6.92 Å². The van der Waals surface area contributed by atoms with E-state index in [2.05, 4.69) is 237 Å². The summed E-state index contributed by atoms with van der Waals surface area (Å²) in [7, 11) is 2.15. The van der Waals surface area contributed by atoms with Gasteiger partial charge in [0, 0.05) is 52.5 Å². The van der Waals surface area contributed by atoms with Crippen LogP contribution in [0.4, 0.5) is 11.4 Å². The van der Waals surface area contributed by atoms with Crippen molar-refractivity contribution in [3.63, 3.8) is 0 Å². The van der Waals surface area contributed by atoms with E-state index < -0.39 is 5.41 Å². The molecule has 1 spiro atoms. The minimum absolute atomic E-state index is 0.471. The number of benzene rings is 9. The first kappa shape index (κ1) is 38.0. The minimum atomic E-state index is -0.471. The fourth-order valence-electron chi connectivity index (χ4n) is 10.9. The van der Waals surface area contributed by atoms with Crippen LogP contribution in [-0.2, 0) is 25.6 Å². The van der Waals surface area contributed by atoms with Crippen molar-refractivity contribution in [1.29, 1.82) is 0 Å². The van der Waals surface area contributed by atoms with Gasteiger partial charge in [0.25, 0.3) is 0 Å². The van der Waals surface area contributed by atoms with Gasteiger partial charge in [-0.3, -0.25) is 4.99 Å². The summed E-state index contributed by atoms with van der Waals surface area (Å²) in [5.41, 5.74) is 23.3. The Morgan fingerprint density at radius 2 is 1.11 bits per heavy atom. The predicted molar refractivity (Wildman–Crippen MR) is 268 cm³/mol. The van der Waals surface area contributed by atoms with Crippen LogP contribution in [0.2, 0.25) is 0 Å². The van der Waals surface area contributed by atoms with Gasteiger partial charge in [0.05, 0.1) is 12.0 Å². The highest BCUT2D eigenvalue weighted by Gasteiger charge is 2.51. The van der Waals surface area contributed by atoms with E-state index in [1.54, 1.807) is 0 Å². The van der Waals surface area contributed by atoms with Gasteiger partial charge in [-0.2, -0.15) is 0 Å². The Kier molecular flexibility index (Phi) is 8.88. The third-order valence-corrected chi connectivity index (χ3v) is 14.1. The first-order valence-electron chi connectivity index (χ1n) is 22.4. The maximum atomic E-state index is 5.26. The normalized spacial score (nSPS) is 14.8. The van der Waals surface area contributed by atoms with Crippen molar-refractivity contribution in [2.24, 2.45) is 12.0 Å². The molecule has 1 aromatic heterocycles. The van der Waals surface area contributed by atoms with Gasteiger partial charge in [0.1, 0.15) is 0 Å². The molecule has 64 heavy (non-hydrogen) atoms. The van der Waals surface area contributed by atoms with Crippen LogP contribution in [0.3, 0.4) is 0 Å². The topological polar surface area (TPSA) is 20.5 Å². The highest BCUT2D eigenvalue weighted by molar-refractivity contribution is 6.08. The van der Waals surface area contributed by atoms with Gasteiger partial charge in [-0.05, 0) is 140 Å². The van der Waals surface area contributed by atoms with Gasteiger partial charge >= 0.3 is 0 Å². The van der Waals surface area contributed by atoms with Gasteiger partial charge in [-0.1, -0.05) is 158 Å². The maximum absolute atomic E-state index is 5.26. The Hall–Kier alpha value is -7.75. The molecule has 10 aromatic rings. The molecule has 2 aliphatic rings. The summed E-state index contributed by atoms with van der Waals surface area (Å²) in [5.74, 6) is 0. The minimum Gasteiger partial charge on any atom is -0.344 e. The Balaban J connectivity index is 0.947. The van der Waals surface area contributed by atoms with Crippen LogP contribution in [0.5, 0.6) is 0 Å². The van der Waals surface area contributed by atoms with E-state index in [0.717, 1.165) is 17.8 Å². The summed E-state index contributed by atoms with van der Waals surface area (Å²) in [6, 6.07) is 76.5. The second-order valence-electron chi connectivity index (χ2n) is 17.6. The number of aromatic nitrogens is 1. The van der Waals surface area contributed by atoms with Gasteiger partial charge in [0.15, 0.2) is 0 Å². The molecule has 0 bridgehead atoms. The van der Waals surface area contributed by atoms with Crippen LogP contribution in [0.15, 0.2) is 211 Å². The molecule has 1 heterocycles. The number of rotatable bonds is 8. The molecule has 3 heteroatoms. The molecule has 0 fully saturated rings. The van der Waals surface area contributed by atoms with Gasteiger partial charge < -0.3 is 9.47 Å². The standard InChI is InChI=1S/C61H47N3/c1-40-15-7-13-23-58(40)64(39-42-16-5-4-6-17-42)47-30-26-44(27-31-47)46-29-33-51-49-19-9-12-22-55(49)61(57(51)37-46)54-21-11-8-18-48(54)50-32-28-45(36-56(50)61)41(2)62-38-43-25-34-60-53(35-43)52-20-10-14-24-59(52)63(60)3/h4-37H,38-39H2,1-3H3. The summed E-state index contributed by atoms with van der Waals surface area (Å²) in [6.45, 7) is 5.78. The number of nitrogens with zero attached hydrogens (tertiary/aromatic N) is 3. The summed E-state index contributed by atoms with van der Waals surface area (Å²) >= 11 is 0. The van der Waals surface area contributed by atoms with Crippen molar-refractivity contribution in [3.05, 3.63) is 251 Å². The summed E-state index contributed by atoms with van der Waals surface area (Å²) in [6.07, 6.45) is 0. The zero-order valence-corrected chi connectivity index (χ0v) is 36.4. The highest BCUT2D eigenvalue weighted by Crippen LogP contribution is 2.63. The number of para-hydroxylation sites is 2. The van der Waals surface area contributed by atoms with Crippen molar-refractivity contribution < 1.29 is 0 Å².